The molecule has 1 N–H and O–H groups in total. The highest BCUT2D eigenvalue weighted by atomic mass is 16.5. The molecule has 0 spiro atoms. The monoisotopic (exact) mass is 255 g/mol. The fraction of sp³-hybridized carbons (Fsp3) is 0.846. The largest absolute Gasteiger partial charge is 0.480 e. The van der Waals surface area contributed by atoms with E-state index < -0.39 is 12.0 Å². The lowest BCUT2D eigenvalue weighted by atomic mass is 10.0. The van der Waals surface area contributed by atoms with E-state index >= 15 is 0 Å². The molecular weight excluding hydrogens is 234 g/mol. The first-order chi connectivity index (χ1) is 8.61. The third-order valence-corrected chi connectivity index (χ3v) is 4.14. The average Bonchev–Trinajstić information content (AvgIpc) is 2.96. The molecule has 0 radical (unpaired) electrons. The van der Waals surface area contributed by atoms with Gasteiger partial charge >= 0.3 is 5.97 Å². The zero-order valence-electron chi connectivity index (χ0n) is 10.8. The van der Waals surface area contributed by atoms with Crippen LogP contribution in [0, 0.1) is 5.92 Å². The topological polar surface area (TPSA) is 66.8 Å². The van der Waals surface area contributed by atoms with Crippen LogP contribution in [0.5, 0.6) is 0 Å². The van der Waals surface area contributed by atoms with Gasteiger partial charge in [0.2, 0.25) is 5.91 Å². The van der Waals surface area contributed by atoms with Gasteiger partial charge in [-0.15, -0.1) is 0 Å². The third kappa shape index (κ3) is 2.83. The summed E-state index contributed by atoms with van der Waals surface area (Å²) in [6.45, 7) is 0.416. The quantitative estimate of drug-likeness (QED) is 0.821. The predicted molar refractivity (Wildman–Crippen MR) is 65.1 cm³/mol. The molecule has 0 aromatic rings. The second-order valence-corrected chi connectivity index (χ2v) is 5.35. The zero-order chi connectivity index (χ0) is 13.1. The number of methoxy groups -OCH3 is 1. The lowest BCUT2D eigenvalue weighted by Gasteiger charge is -2.22. The van der Waals surface area contributed by atoms with Crippen molar-refractivity contribution in [3.63, 3.8) is 0 Å². The van der Waals surface area contributed by atoms with E-state index in [4.69, 9.17) is 9.84 Å². The number of rotatable bonds is 4. The van der Waals surface area contributed by atoms with Gasteiger partial charge < -0.3 is 14.7 Å². The van der Waals surface area contributed by atoms with Gasteiger partial charge in [-0.1, -0.05) is 12.8 Å². The van der Waals surface area contributed by atoms with Gasteiger partial charge in [0.1, 0.15) is 6.04 Å². The van der Waals surface area contributed by atoms with E-state index in [-0.39, 0.29) is 12.0 Å². The molecule has 1 heterocycles. The van der Waals surface area contributed by atoms with E-state index in [0.717, 1.165) is 12.8 Å². The van der Waals surface area contributed by atoms with Crippen molar-refractivity contribution in [1.29, 1.82) is 0 Å². The van der Waals surface area contributed by atoms with E-state index in [1.807, 2.05) is 0 Å². The number of aliphatic carboxylic acids is 1. The van der Waals surface area contributed by atoms with Crippen LogP contribution in [0.1, 0.15) is 38.5 Å². The van der Waals surface area contributed by atoms with Crippen molar-refractivity contribution in [3.8, 4) is 0 Å². The smallest absolute Gasteiger partial charge is 0.326 e. The van der Waals surface area contributed by atoms with Crippen molar-refractivity contribution < 1.29 is 19.4 Å². The molecule has 0 aromatic heterocycles. The Morgan fingerprint density at radius 1 is 1.33 bits per heavy atom. The SMILES string of the molecule is COC1CC(C(=O)O)N(C(=O)CC2CCCC2)C1. The highest BCUT2D eigenvalue weighted by molar-refractivity contribution is 5.84. The highest BCUT2D eigenvalue weighted by Gasteiger charge is 2.40. The summed E-state index contributed by atoms with van der Waals surface area (Å²) in [5.41, 5.74) is 0. The summed E-state index contributed by atoms with van der Waals surface area (Å²) in [4.78, 5) is 24.8. The Labute approximate surface area is 107 Å². The van der Waals surface area contributed by atoms with Crippen LogP contribution in [-0.2, 0) is 14.3 Å². The minimum absolute atomic E-state index is 0.0196. The third-order valence-electron chi connectivity index (χ3n) is 4.14. The van der Waals surface area contributed by atoms with Crippen molar-refractivity contribution in [2.75, 3.05) is 13.7 Å². The normalized spacial score (nSPS) is 28.8. The van der Waals surface area contributed by atoms with Crippen LogP contribution in [0.4, 0.5) is 0 Å². The number of carbonyl (C=O) groups is 2. The van der Waals surface area contributed by atoms with Crippen LogP contribution in [0.2, 0.25) is 0 Å². The maximum absolute atomic E-state index is 12.2. The standard InChI is InChI=1S/C13H21NO4/c1-18-10-7-11(13(16)17)14(8-10)12(15)6-9-4-2-3-5-9/h9-11H,2-8H2,1H3,(H,16,17). The molecule has 1 saturated heterocycles. The maximum atomic E-state index is 12.2. The fourth-order valence-electron chi connectivity index (χ4n) is 3.06. The molecule has 1 aliphatic carbocycles. The minimum atomic E-state index is -0.922. The molecule has 2 aliphatic rings. The van der Waals surface area contributed by atoms with Crippen molar-refractivity contribution in [1.82, 2.24) is 4.90 Å². The Balaban J connectivity index is 1.96. The molecule has 1 amide bonds. The molecule has 2 fully saturated rings. The number of carboxylic acids is 1. The molecular formula is C13H21NO4. The first-order valence-corrected chi connectivity index (χ1v) is 6.67. The van der Waals surface area contributed by atoms with Crippen molar-refractivity contribution in [3.05, 3.63) is 0 Å². The van der Waals surface area contributed by atoms with Gasteiger partial charge in [-0.05, 0) is 18.8 Å². The number of likely N-dealkylation sites (tertiary alicyclic amines) is 1. The van der Waals surface area contributed by atoms with Crippen LogP contribution >= 0.6 is 0 Å². The molecule has 102 valence electrons. The molecule has 5 nitrogen and oxygen atoms in total. The predicted octanol–water partition coefficient (Wildman–Crippen LogP) is 1.27. The number of carboxylic acid groups (broad SMARTS) is 1. The number of ether oxygens (including phenoxy) is 1. The summed E-state index contributed by atoms with van der Waals surface area (Å²) >= 11 is 0. The van der Waals surface area contributed by atoms with E-state index in [9.17, 15) is 9.59 Å². The van der Waals surface area contributed by atoms with Gasteiger partial charge in [0, 0.05) is 26.5 Å². The van der Waals surface area contributed by atoms with E-state index in [2.05, 4.69) is 0 Å². The first-order valence-electron chi connectivity index (χ1n) is 6.67. The molecule has 18 heavy (non-hydrogen) atoms. The summed E-state index contributed by atoms with van der Waals surface area (Å²) in [6.07, 6.45) is 5.36. The lowest BCUT2D eigenvalue weighted by Crippen LogP contribution is -2.41. The van der Waals surface area contributed by atoms with Crippen LogP contribution in [0.3, 0.4) is 0 Å². The highest BCUT2D eigenvalue weighted by Crippen LogP contribution is 2.30. The number of carbonyl (C=O) groups excluding carboxylic acids is 1. The average molecular weight is 255 g/mol. The second-order valence-electron chi connectivity index (χ2n) is 5.35. The molecule has 0 aromatic carbocycles. The van der Waals surface area contributed by atoms with Crippen LogP contribution in [0.15, 0.2) is 0 Å². The summed E-state index contributed by atoms with van der Waals surface area (Å²) in [5, 5.41) is 9.16. The second kappa shape index (κ2) is 5.69. The van der Waals surface area contributed by atoms with Crippen molar-refractivity contribution in [2.24, 2.45) is 5.92 Å². The summed E-state index contributed by atoms with van der Waals surface area (Å²) < 4.78 is 5.18. The molecule has 1 saturated carbocycles. The van der Waals surface area contributed by atoms with Gasteiger partial charge in [-0.25, -0.2) is 4.79 Å². The minimum Gasteiger partial charge on any atom is -0.480 e. The fourth-order valence-corrected chi connectivity index (χ4v) is 3.06. The van der Waals surface area contributed by atoms with Crippen LogP contribution < -0.4 is 0 Å². The Hall–Kier alpha value is -1.10. The Kier molecular flexibility index (Phi) is 4.22. The number of amides is 1. The molecule has 2 rings (SSSR count). The van der Waals surface area contributed by atoms with Gasteiger partial charge in [-0.3, -0.25) is 4.79 Å². The molecule has 5 heteroatoms. The van der Waals surface area contributed by atoms with Crippen LogP contribution in [0.25, 0.3) is 0 Å². The number of hydrogen-bond acceptors (Lipinski definition) is 3. The van der Waals surface area contributed by atoms with Crippen molar-refractivity contribution in [2.45, 2.75) is 50.7 Å². The van der Waals surface area contributed by atoms with E-state index in [0.29, 0.717) is 25.3 Å². The number of nitrogens with zero attached hydrogens (tertiary/aromatic N) is 1. The Morgan fingerprint density at radius 2 is 2.00 bits per heavy atom. The van der Waals surface area contributed by atoms with E-state index in [1.165, 1.54) is 17.7 Å². The summed E-state index contributed by atoms with van der Waals surface area (Å²) in [6, 6.07) is -0.705. The van der Waals surface area contributed by atoms with E-state index in [1.54, 1.807) is 7.11 Å². The van der Waals surface area contributed by atoms with Crippen molar-refractivity contribution >= 4 is 11.9 Å². The summed E-state index contributed by atoms with van der Waals surface area (Å²) in [5.74, 6) is -0.489. The van der Waals surface area contributed by atoms with Gasteiger partial charge in [0.15, 0.2) is 0 Å². The summed E-state index contributed by atoms with van der Waals surface area (Å²) in [7, 11) is 1.56. The molecule has 1 aliphatic heterocycles. The van der Waals surface area contributed by atoms with Crippen LogP contribution in [-0.4, -0.2) is 47.7 Å². The number of hydrogen-bond donors (Lipinski definition) is 1. The molecule has 0 bridgehead atoms. The maximum Gasteiger partial charge on any atom is 0.326 e. The first kappa shape index (κ1) is 13.3. The molecule has 2 unspecified atom stereocenters. The Bertz CT molecular complexity index is 325. The van der Waals surface area contributed by atoms with Gasteiger partial charge in [0.05, 0.1) is 6.10 Å². The van der Waals surface area contributed by atoms with Gasteiger partial charge in [0.25, 0.3) is 0 Å². The Morgan fingerprint density at radius 3 is 2.56 bits per heavy atom. The zero-order valence-corrected chi connectivity index (χ0v) is 10.8. The van der Waals surface area contributed by atoms with Gasteiger partial charge in [-0.2, -0.15) is 0 Å². The lowest BCUT2D eigenvalue weighted by molar-refractivity contribution is -0.148. The molecule has 2 atom stereocenters.